The van der Waals surface area contributed by atoms with Gasteiger partial charge in [-0.1, -0.05) is 48.5 Å². The summed E-state index contributed by atoms with van der Waals surface area (Å²) in [6.07, 6.45) is 0. The monoisotopic (exact) mass is 295 g/mol. The molecule has 21 heavy (non-hydrogen) atoms. The average molecular weight is 295 g/mol. The number of ether oxygens (including phenoxy) is 1. The molecule has 0 saturated heterocycles. The normalized spacial score (nSPS) is 12.0. The number of hydrogen-bond acceptors (Lipinski definition) is 3. The van der Waals surface area contributed by atoms with Gasteiger partial charge in [-0.25, -0.2) is 0 Å². The lowest BCUT2D eigenvalue weighted by Crippen LogP contribution is -2.09. The maximum atomic E-state index is 6.25. The SMILES string of the molecule is N[C@@H](c1ccc(OCc2ccccc2)cc1)c1cccs1. The summed E-state index contributed by atoms with van der Waals surface area (Å²) in [6, 6.07) is 22.2. The van der Waals surface area contributed by atoms with E-state index in [0.29, 0.717) is 6.61 Å². The molecule has 3 heteroatoms. The minimum atomic E-state index is -0.0619. The molecule has 0 amide bonds. The summed E-state index contributed by atoms with van der Waals surface area (Å²) in [7, 11) is 0. The highest BCUT2D eigenvalue weighted by molar-refractivity contribution is 7.10. The van der Waals surface area contributed by atoms with Crippen LogP contribution < -0.4 is 10.5 Å². The van der Waals surface area contributed by atoms with Crippen molar-refractivity contribution in [2.24, 2.45) is 5.73 Å². The highest BCUT2D eigenvalue weighted by Gasteiger charge is 2.09. The second-order valence-corrected chi connectivity index (χ2v) is 5.82. The molecule has 1 aromatic heterocycles. The number of benzene rings is 2. The van der Waals surface area contributed by atoms with Gasteiger partial charge in [0.1, 0.15) is 12.4 Å². The Morgan fingerprint density at radius 3 is 2.33 bits per heavy atom. The first-order chi connectivity index (χ1) is 10.3. The van der Waals surface area contributed by atoms with Crippen molar-refractivity contribution in [1.82, 2.24) is 0 Å². The zero-order valence-electron chi connectivity index (χ0n) is 11.6. The molecular weight excluding hydrogens is 278 g/mol. The third kappa shape index (κ3) is 3.51. The summed E-state index contributed by atoms with van der Waals surface area (Å²) >= 11 is 1.68. The highest BCUT2D eigenvalue weighted by atomic mass is 32.1. The molecule has 0 bridgehead atoms. The molecule has 0 radical (unpaired) electrons. The summed E-state index contributed by atoms with van der Waals surface area (Å²) in [5, 5.41) is 2.05. The first-order valence-corrected chi connectivity index (χ1v) is 7.76. The Morgan fingerprint density at radius 2 is 1.67 bits per heavy atom. The van der Waals surface area contributed by atoms with Crippen LogP contribution in [0.15, 0.2) is 72.1 Å². The van der Waals surface area contributed by atoms with Crippen molar-refractivity contribution in [1.29, 1.82) is 0 Å². The highest BCUT2D eigenvalue weighted by Crippen LogP contribution is 2.25. The molecule has 0 aliphatic heterocycles. The van der Waals surface area contributed by atoms with Crippen molar-refractivity contribution in [3.05, 3.63) is 88.1 Å². The fourth-order valence-corrected chi connectivity index (χ4v) is 2.90. The van der Waals surface area contributed by atoms with Gasteiger partial charge in [0.25, 0.3) is 0 Å². The molecule has 0 aliphatic carbocycles. The van der Waals surface area contributed by atoms with Gasteiger partial charge in [0.05, 0.1) is 6.04 Å². The van der Waals surface area contributed by atoms with E-state index in [1.54, 1.807) is 11.3 Å². The summed E-state index contributed by atoms with van der Waals surface area (Å²) in [6.45, 7) is 0.581. The molecular formula is C18H17NOS. The van der Waals surface area contributed by atoms with E-state index in [1.165, 1.54) is 4.88 Å². The third-order valence-electron chi connectivity index (χ3n) is 3.34. The molecule has 0 fully saturated rings. The van der Waals surface area contributed by atoms with Crippen LogP contribution in [0.2, 0.25) is 0 Å². The molecule has 2 aromatic carbocycles. The van der Waals surface area contributed by atoms with E-state index in [9.17, 15) is 0 Å². The molecule has 3 rings (SSSR count). The van der Waals surface area contributed by atoms with E-state index in [1.807, 2.05) is 53.9 Å². The van der Waals surface area contributed by atoms with Gasteiger partial charge in [-0.05, 0) is 34.7 Å². The average Bonchev–Trinajstić information content (AvgIpc) is 3.08. The predicted molar refractivity (Wildman–Crippen MR) is 87.6 cm³/mol. The fourth-order valence-electron chi connectivity index (χ4n) is 2.14. The van der Waals surface area contributed by atoms with Crippen LogP contribution in [0.4, 0.5) is 0 Å². The number of hydrogen-bond donors (Lipinski definition) is 1. The van der Waals surface area contributed by atoms with Crippen LogP contribution in [0.3, 0.4) is 0 Å². The zero-order valence-corrected chi connectivity index (χ0v) is 12.4. The Morgan fingerprint density at radius 1 is 0.905 bits per heavy atom. The van der Waals surface area contributed by atoms with Gasteiger partial charge in [-0.3, -0.25) is 0 Å². The summed E-state index contributed by atoms with van der Waals surface area (Å²) in [5.74, 6) is 0.862. The topological polar surface area (TPSA) is 35.2 Å². The predicted octanol–water partition coefficient (Wildman–Crippen LogP) is 4.38. The van der Waals surface area contributed by atoms with E-state index in [2.05, 4.69) is 18.2 Å². The van der Waals surface area contributed by atoms with Gasteiger partial charge in [-0.15, -0.1) is 11.3 Å². The van der Waals surface area contributed by atoms with Crippen molar-refractivity contribution >= 4 is 11.3 Å². The van der Waals surface area contributed by atoms with Crippen molar-refractivity contribution in [2.45, 2.75) is 12.6 Å². The second-order valence-electron chi connectivity index (χ2n) is 4.84. The lowest BCUT2D eigenvalue weighted by atomic mass is 10.1. The molecule has 106 valence electrons. The molecule has 2 nitrogen and oxygen atoms in total. The van der Waals surface area contributed by atoms with Gasteiger partial charge in [-0.2, -0.15) is 0 Å². The maximum absolute atomic E-state index is 6.25. The van der Waals surface area contributed by atoms with Crippen LogP contribution in [0, 0.1) is 0 Å². The fraction of sp³-hybridized carbons (Fsp3) is 0.111. The van der Waals surface area contributed by atoms with Gasteiger partial charge < -0.3 is 10.5 Å². The van der Waals surface area contributed by atoms with Crippen LogP contribution in [-0.4, -0.2) is 0 Å². The summed E-state index contributed by atoms with van der Waals surface area (Å²) in [4.78, 5) is 1.17. The van der Waals surface area contributed by atoms with E-state index in [4.69, 9.17) is 10.5 Å². The van der Waals surface area contributed by atoms with Gasteiger partial charge >= 0.3 is 0 Å². The van der Waals surface area contributed by atoms with Gasteiger partial charge in [0.15, 0.2) is 0 Å². The minimum absolute atomic E-state index is 0.0619. The molecule has 0 spiro atoms. The smallest absolute Gasteiger partial charge is 0.119 e. The Labute approximate surface area is 128 Å². The van der Waals surface area contributed by atoms with Crippen molar-refractivity contribution < 1.29 is 4.74 Å². The number of rotatable bonds is 5. The molecule has 0 unspecified atom stereocenters. The van der Waals surface area contributed by atoms with Crippen molar-refractivity contribution in [2.75, 3.05) is 0 Å². The lowest BCUT2D eigenvalue weighted by Gasteiger charge is -2.11. The first kappa shape index (κ1) is 13.9. The maximum Gasteiger partial charge on any atom is 0.119 e. The van der Waals surface area contributed by atoms with E-state index in [0.717, 1.165) is 16.9 Å². The van der Waals surface area contributed by atoms with Gasteiger partial charge in [0, 0.05) is 4.88 Å². The van der Waals surface area contributed by atoms with Crippen LogP contribution in [0.1, 0.15) is 22.0 Å². The molecule has 1 heterocycles. The van der Waals surface area contributed by atoms with Crippen LogP contribution in [0.5, 0.6) is 5.75 Å². The van der Waals surface area contributed by atoms with Crippen molar-refractivity contribution in [3.63, 3.8) is 0 Å². The van der Waals surface area contributed by atoms with E-state index < -0.39 is 0 Å². The second kappa shape index (κ2) is 6.57. The molecule has 0 saturated carbocycles. The number of thiophene rings is 1. The standard InChI is InChI=1S/C18H17NOS/c19-18(17-7-4-12-21-17)15-8-10-16(11-9-15)20-13-14-5-2-1-3-6-14/h1-12,18H,13,19H2/t18-/m0/s1. The van der Waals surface area contributed by atoms with E-state index >= 15 is 0 Å². The molecule has 3 aromatic rings. The van der Waals surface area contributed by atoms with Crippen LogP contribution in [-0.2, 0) is 6.61 Å². The largest absolute Gasteiger partial charge is 0.489 e. The van der Waals surface area contributed by atoms with Crippen LogP contribution >= 0.6 is 11.3 Å². The van der Waals surface area contributed by atoms with E-state index in [-0.39, 0.29) is 6.04 Å². The molecule has 1 atom stereocenters. The minimum Gasteiger partial charge on any atom is -0.489 e. The molecule has 0 aliphatic rings. The summed E-state index contributed by atoms with van der Waals surface area (Å²) < 4.78 is 5.78. The Balaban J connectivity index is 1.64. The lowest BCUT2D eigenvalue weighted by molar-refractivity contribution is 0.306. The first-order valence-electron chi connectivity index (χ1n) is 6.88. The Bertz CT molecular complexity index is 662. The quantitative estimate of drug-likeness (QED) is 0.758. The Hall–Kier alpha value is -2.10. The Kier molecular flexibility index (Phi) is 4.34. The van der Waals surface area contributed by atoms with Crippen molar-refractivity contribution in [3.8, 4) is 5.75 Å². The molecule has 2 N–H and O–H groups in total. The van der Waals surface area contributed by atoms with Crippen LogP contribution in [0.25, 0.3) is 0 Å². The number of nitrogens with two attached hydrogens (primary N) is 1. The zero-order chi connectivity index (χ0) is 14.5. The third-order valence-corrected chi connectivity index (χ3v) is 4.29. The van der Waals surface area contributed by atoms with Gasteiger partial charge in [0.2, 0.25) is 0 Å². The summed E-state index contributed by atoms with van der Waals surface area (Å²) in [5.41, 5.74) is 8.51.